The predicted octanol–water partition coefficient (Wildman–Crippen LogP) is 3.49. The van der Waals surface area contributed by atoms with Crippen molar-refractivity contribution >= 4 is 11.7 Å². The van der Waals surface area contributed by atoms with Gasteiger partial charge in [-0.15, -0.1) is 0 Å². The topological polar surface area (TPSA) is 38.3 Å². The quantitative estimate of drug-likeness (QED) is 0.680. The third-order valence-corrected chi connectivity index (χ3v) is 5.61. The number of rotatable bonds is 3. The van der Waals surface area contributed by atoms with Crippen molar-refractivity contribution in [3.05, 3.63) is 29.8 Å². The molecule has 0 spiro atoms. The van der Waals surface area contributed by atoms with Crippen LogP contribution in [0.4, 0.5) is 5.69 Å². The van der Waals surface area contributed by atoms with Crippen LogP contribution in [0.15, 0.2) is 24.3 Å². The monoisotopic (exact) mass is 331 g/mol. The van der Waals surface area contributed by atoms with Gasteiger partial charge < -0.3 is 10.1 Å². The number of hydrogen-bond donors (Lipinski definition) is 1. The van der Waals surface area contributed by atoms with Gasteiger partial charge in [0.15, 0.2) is 0 Å². The van der Waals surface area contributed by atoms with Crippen molar-refractivity contribution in [2.24, 2.45) is 0 Å². The summed E-state index contributed by atoms with van der Waals surface area (Å²) >= 11 is 0. The van der Waals surface area contributed by atoms with Crippen LogP contribution in [0.2, 0.25) is 0 Å². The maximum Gasteiger partial charge on any atom is 0.338 e. The average molecular weight is 331 g/mol. The van der Waals surface area contributed by atoms with E-state index in [0.717, 1.165) is 17.6 Å². The highest BCUT2D eigenvalue weighted by Crippen LogP contribution is 2.39. The Hall–Kier alpha value is -1.39. The summed E-state index contributed by atoms with van der Waals surface area (Å²) in [6.45, 7) is 11.5. The van der Waals surface area contributed by atoms with Gasteiger partial charge in [0.05, 0.1) is 18.2 Å². The summed E-state index contributed by atoms with van der Waals surface area (Å²) in [6, 6.07) is 9.48. The number of hydrogen-bond acceptors (Lipinski definition) is 3. The predicted molar refractivity (Wildman–Crippen MR) is 98.2 cm³/mol. The van der Waals surface area contributed by atoms with Crippen molar-refractivity contribution in [1.82, 2.24) is 9.80 Å². The normalized spacial score (nSPS) is 30.5. The van der Waals surface area contributed by atoms with Gasteiger partial charge in [-0.25, -0.2) is 4.79 Å². The standard InChI is InChI=1S/C20H31N2O2/c1-15-6-5-13-22(15,18-11-12-21-14-18)17-9-7-16(8-10-17)19(23)24-20(2,3)4/h7-10,15,18,21H,5-6,11-14H2,1-4H3/q+1/t15-,18-,22?/m0/s1. The molecular weight excluding hydrogens is 300 g/mol. The Morgan fingerprint density at radius 1 is 1.21 bits per heavy atom. The van der Waals surface area contributed by atoms with Gasteiger partial charge >= 0.3 is 5.97 Å². The fourth-order valence-electron chi connectivity index (χ4n) is 4.48. The van der Waals surface area contributed by atoms with Crippen LogP contribution in [-0.2, 0) is 4.74 Å². The van der Waals surface area contributed by atoms with E-state index >= 15 is 0 Å². The lowest BCUT2D eigenvalue weighted by Crippen LogP contribution is -2.59. The molecule has 1 aromatic rings. The first-order valence-electron chi connectivity index (χ1n) is 9.25. The summed E-state index contributed by atoms with van der Waals surface area (Å²) in [6.07, 6.45) is 3.80. The Balaban J connectivity index is 1.86. The first-order valence-corrected chi connectivity index (χ1v) is 9.25. The molecule has 0 bridgehead atoms. The molecule has 0 aromatic heterocycles. The number of nitrogens with one attached hydrogen (secondary N) is 1. The van der Waals surface area contributed by atoms with Crippen molar-refractivity contribution in [3.8, 4) is 0 Å². The smallest absolute Gasteiger partial charge is 0.338 e. The highest BCUT2D eigenvalue weighted by molar-refractivity contribution is 5.90. The van der Waals surface area contributed by atoms with E-state index in [1.54, 1.807) is 0 Å². The number of carbonyl (C=O) groups excluding carboxylic acids is 1. The van der Waals surface area contributed by atoms with Gasteiger partial charge in [-0.1, -0.05) is 0 Å². The molecule has 4 heteroatoms. The summed E-state index contributed by atoms with van der Waals surface area (Å²) in [5.74, 6) is -0.238. The van der Waals surface area contributed by atoms with E-state index in [0.29, 0.717) is 17.6 Å². The zero-order valence-electron chi connectivity index (χ0n) is 15.5. The van der Waals surface area contributed by atoms with Crippen LogP contribution in [0.1, 0.15) is 57.3 Å². The van der Waals surface area contributed by atoms with Gasteiger partial charge in [0, 0.05) is 32.4 Å². The molecule has 4 nitrogen and oxygen atoms in total. The van der Waals surface area contributed by atoms with Crippen LogP contribution < -0.4 is 9.80 Å². The van der Waals surface area contributed by atoms with E-state index in [1.165, 1.54) is 31.5 Å². The molecule has 1 unspecified atom stereocenters. The lowest BCUT2D eigenvalue weighted by atomic mass is 10.0. The first kappa shape index (κ1) is 17.4. The number of benzene rings is 1. The van der Waals surface area contributed by atoms with Crippen molar-refractivity contribution < 1.29 is 9.53 Å². The lowest BCUT2D eigenvalue weighted by Gasteiger charge is -2.43. The molecular formula is C20H31N2O2+. The molecule has 3 rings (SSSR count). The van der Waals surface area contributed by atoms with E-state index in [4.69, 9.17) is 4.74 Å². The Morgan fingerprint density at radius 2 is 1.92 bits per heavy atom. The molecule has 2 aliphatic heterocycles. The second kappa shape index (κ2) is 6.49. The minimum atomic E-state index is -0.456. The molecule has 0 aliphatic carbocycles. The highest BCUT2D eigenvalue weighted by Gasteiger charge is 2.47. The molecule has 0 amide bonds. The fourth-order valence-corrected chi connectivity index (χ4v) is 4.48. The third kappa shape index (κ3) is 3.22. The summed E-state index contributed by atoms with van der Waals surface area (Å²) in [5, 5.41) is 3.53. The van der Waals surface area contributed by atoms with Crippen LogP contribution in [0, 0.1) is 0 Å². The molecule has 0 saturated carbocycles. The Labute approximate surface area is 145 Å². The van der Waals surface area contributed by atoms with Crippen molar-refractivity contribution in [2.75, 3.05) is 19.6 Å². The average Bonchev–Trinajstić information content (AvgIpc) is 3.15. The van der Waals surface area contributed by atoms with Crippen LogP contribution >= 0.6 is 0 Å². The summed E-state index contributed by atoms with van der Waals surface area (Å²) in [5.41, 5.74) is 1.53. The second-order valence-corrected chi connectivity index (χ2v) is 8.34. The number of nitrogens with zero attached hydrogens (tertiary/aromatic N) is 1. The van der Waals surface area contributed by atoms with Gasteiger partial charge in [0.25, 0.3) is 0 Å². The maximum atomic E-state index is 12.3. The van der Waals surface area contributed by atoms with Gasteiger partial charge in [0.1, 0.15) is 17.3 Å². The Morgan fingerprint density at radius 3 is 2.42 bits per heavy atom. The molecule has 2 aliphatic rings. The molecule has 2 fully saturated rings. The van der Waals surface area contributed by atoms with Crippen LogP contribution in [0.3, 0.4) is 0 Å². The SMILES string of the molecule is C[C@H]1CCC[N+]1(c1ccc(C(=O)OC(C)(C)C)cc1)[C@H]1CCNC1. The van der Waals surface area contributed by atoms with Gasteiger partial charge in [0.2, 0.25) is 0 Å². The Kier molecular flexibility index (Phi) is 4.71. The number of esters is 1. The van der Waals surface area contributed by atoms with Crippen molar-refractivity contribution in [1.29, 1.82) is 0 Å². The zero-order chi connectivity index (χ0) is 17.4. The molecule has 1 N–H and O–H groups in total. The largest absolute Gasteiger partial charge is 0.456 e. The molecule has 3 atom stereocenters. The molecule has 2 heterocycles. The van der Waals surface area contributed by atoms with Crippen LogP contribution in [0.5, 0.6) is 0 Å². The van der Waals surface area contributed by atoms with Crippen LogP contribution in [0.25, 0.3) is 0 Å². The van der Waals surface area contributed by atoms with Crippen molar-refractivity contribution in [3.63, 3.8) is 0 Å². The molecule has 2 saturated heterocycles. The highest BCUT2D eigenvalue weighted by atomic mass is 16.6. The summed E-state index contributed by atoms with van der Waals surface area (Å²) in [4.78, 5) is 12.3. The molecule has 24 heavy (non-hydrogen) atoms. The van der Waals surface area contributed by atoms with E-state index in [-0.39, 0.29) is 5.97 Å². The van der Waals surface area contributed by atoms with Gasteiger partial charge in [-0.05, 0) is 52.0 Å². The van der Waals surface area contributed by atoms with Gasteiger partial charge in [-0.2, -0.15) is 0 Å². The Bertz CT molecular complexity index is 585. The number of likely N-dealkylation sites (tertiary alicyclic amines) is 1. The summed E-state index contributed by atoms with van der Waals surface area (Å²) in [7, 11) is 0. The van der Waals surface area contributed by atoms with Gasteiger partial charge in [-0.3, -0.25) is 4.48 Å². The second-order valence-electron chi connectivity index (χ2n) is 8.34. The van der Waals surface area contributed by atoms with E-state index < -0.39 is 5.60 Å². The first-order chi connectivity index (χ1) is 11.3. The maximum absolute atomic E-state index is 12.3. The number of quaternary nitrogens is 1. The van der Waals surface area contributed by atoms with Crippen molar-refractivity contribution in [2.45, 2.75) is 64.6 Å². The fraction of sp³-hybridized carbons (Fsp3) is 0.650. The zero-order valence-corrected chi connectivity index (χ0v) is 15.5. The van der Waals surface area contributed by atoms with Crippen LogP contribution in [-0.4, -0.2) is 43.3 Å². The minimum absolute atomic E-state index is 0.238. The minimum Gasteiger partial charge on any atom is -0.456 e. The summed E-state index contributed by atoms with van der Waals surface area (Å²) < 4.78 is 6.55. The third-order valence-electron chi connectivity index (χ3n) is 5.61. The molecule has 132 valence electrons. The van der Waals surface area contributed by atoms with E-state index in [1.807, 2.05) is 32.9 Å². The van der Waals surface area contributed by atoms with E-state index in [9.17, 15) is 4.79 Å². The van der Waals surface area contributed by atoms with E-state index in [2.05, 4.69) is 24.4 Å². The molecule has 0 radical (unpaired) electrons. The number of ether oxygens (including phenoxy) is 1. The number of carbonyl (C=O) groups is 1. The molecule has 1 aromatic carbocycles. The lowest BCUT2D eigenvalue weighted by molar-refractivity contribution is 0.00695.